The van der Waals surface area contributed by atoms with Gasteiger partial charge in [0.15, 0.2) is 0 Å². The fourth-order valence-electron chi connectivity index (χ4n) is 4.23. The monoisotopic (exact) mass is 648 g/mol. The second kappa shape index (κ2) is 16.0. The van der Waals surface area contributed by atoms with Gasteiger partial charge in [0.1, 0.15) is 17.6 Å². The van der Waals surface area contributed by atoms with E-state index in [1.807, 2.05) is 0 Å². The van der Waals surface area contributed by atoms with E-state index < -0.39 is 76.7 Å². The van der Waals surface area contributed by atoms with E-state index in [0.717, 1.165) is 12.1 Å². The van der Waals surface area contributed by atoms with Crippen molar-refractivity contribution in [3.05, 3.63) is 71.3 Å². The topological polar surface area (TPSA) is 171 Å². The Morgan fingerprint density at radius 2 is 1.39 bits per heavy atom. The molecule has 2 rings (SSSR count). The first-order chi connectivity index (χ1) is 21.3. The quantitative estimate of drug-likeness (QED) is 0.185. The number of alkyl halides is 3. The minimum absolute atomic E-state index is 0.105. The Morgan fingerprint density at radius 3 is 1.91 bits per heavy atom. The van der Waals surface area contributed by atoms with Gasteiger partial charge in [0, 0.05) is 6.42 Å². The lowest BCUT2D eigenvalue weighted by molar-refractivity contribution is -0.147. The summed E-state index contributed by atoms with van der Waals surface area (Å²) >= 11 is 0. The van der Waals surface area contributed by atoms with Gasteiger partial charge in [0.2, 0.25) is 23.5 Å². The molecule has 14 heteroatoms. The van der Waals surface area contributed by atoms with E-state index in [-0.39, 0.29) is 18.4 Å². The van der Waals surface area contributed by atoms with Crippen molar-refractivity contribution in [2.45, 2.75) is 83.7 Å². The molecule has 0 aliphatic rings. The lowest BCUT2D eigenvalue weighted by Gasteiger charge is -2.28. The van der Waals surface area contributed by atoms with Crippen molar-refractivity contribution in [2.75, 3.05) is 0 Å². The van der Waals surface area contributed by atoms with Crippen molar-refractivity contribution in [3.63, 3.8) is 0 Å². The zero-order chi connectivity index (χ0) is 34.8. The number of carboxylic acid groups (broad SMARTS) is 1. The fraction of sp³-hybridized carbons (Fsp3) is 0.438. The van der Waals surface area contributed by atoms with Crippen LogP contribution in [0, 0.1) is 5.92 Å². The number of carbonyl (C=O) groups excluding carboxylic acids is 5. The van der Waals surface area contributed by atoms with Gasteiger partial charge in [-0.1, -0.05) is 62.7 Å². The minimum Gasteiger partial charge on any atom is -0.480 e. The minimum atomic E-state index is -4.57. The maximum atomic E-state index is 13.3. The molecule has 0 aromatic heterocycles. The van der Waals surface area contributed by atoms with Crippen LogP contribution in [0.3, 0.4) is 0 Å². The molecule has 4 amide bonds. The molecule has 11 nitrogen and oxygen atoms in total. The molecule has 0 radical (unpaired) electrons. The van der Waals surface area contributed by atoms with Crippen molar-refractivity contribution in [1.29, 1.82) is 0 Å². The number of ketones is 1. The number of Topliss-reactive ketones (excluding diaryl/α,β-unsaturated/α-hetero) is 1. The third-order valence-electron chi connectivity index (χ3n) is 7.31. The first-order valence-electron chi connectivity index (χ1n) is 14.6. The highest BCUT2D eigenvalue weighted by molar-refractivity contribution is 6.38. The predicted molar refractivity (Wildman–Crippen MR) is 161 cm³/mol. The molecule has 1 unspecified atom stereocenters. The number of carboxylic acids is 1. The average molecular weight is 649 g/mol. The largest absolute Gasteiger partial charge is 0.480 e. The molecule has 0 aliphatic heterocycles. The van der Waals surface area contributed by atoms with E-state index in [2.05, 4.69) is 21.3 Å². The molecule has 5 N–H and O–H groups in total. The highest BCUT2D eigenvalue weighted by atomic mass is 19.4. The number of nitrogens with one attached hydrogen (secondary N) is 4. The van der Waals surface area contributed by atoms with Crippen LogP contribution < -0.4 is 21.3 Å². The summed E-state index contributed by atoms with van der Waals surface area (Å²) in [6, 6.07) is 8.55. The van der Waals surface area contributed by atoms with E-state index in [9.17, 15) is 47.0 Å². The van der Waals surface area contributed by atoms with Gasteiger partial charge in [-0.05, 0) is 49.9 Å². The summed E-state index contributed by atoms with van der Waals surface area (Å²) in [5.74, 6) is -6.43. The molecular weight excluding hydrogens is 609 g/mol. The lowest BCUT2D eigenvalue weighted by atomic mass is 9.96. The summed E-state index contributed by atoms with van der Waals surface area (Å²) in [5, 5.41) is 18.9. The smallest absolute Gasteiger partial charge is 0.416 e. The molecule has 0 heterocycles. The molecular formula is C32H39F3N4O7. The van der Waals surface area contributed by atoms with Gasteiger partial charge in [0.25, 0.3) is 5.91 Å². The highest BCUT2D eigenvalue weighted by Crippen LogP contribution is 2.29. The van der Waals surface area contributed by atoms with Crippen molar-refractivity contribution < 1.29 is 47.0 Å². The molecule has 46 heavy (non-hydrogen) atoms. The van der Waals surface area contributed by atoms with Crippen LogP contribution in [0.5, 0.6) is 0 Å². The predicted octanol–water partition coefficient (Wildman–Crippen LogP) is 2.56. The fourth-order valence-corrected chi connectivity index (χ4v) is 4.23. The maximum Gasteiger partial charge on any atom is 0.416 e. The molecule has 4 atom stereocenters. The van der Waals surface area contributed by atoms with E-state index in [1.54, 1.807) is 44.2 Å². The third-order valence-corrected chi connectivity index (χ3v) is 7.31. The van der Waals surface area contributed by atoms with Crippen molar-refractivity contribution in [3.8, 4) is 0 Å². The number of hydrogen-bond acceptors (Lipinski definition) is 6. The van der Waals surface area contributed by atoms with Crippen LogP contribution in [0.1, 0.15) is 57.7 Å². The summed E-state index contributed by atoms with van der Waals surface area (Å²) in [6.45, 7) is 7.08. The van der Waals surface area contributed by atoms with Crippen molar-refractivity contribution in [1.82, 2.24) is 21.3 Å². The summed E-state index contributed by atoms with van der Waals surface area (Å²) < 4.78 is 39.1. The van der Waals surface area contributed by atoms with Crippen LogP contribution in [0.15, 0.2) is 54.6 Å². The lowest BCUT2D eigenvalue weighted by Crippen LogP contribution is -2.60. The Bertz CT molecular complexity index is 1410. The van der Waals surface area contributed by atoms with Gasteiger partial charge in [-0.25, -0.2) is 4.79 Å². The number of amides is 4. The Kier molecular flexibility index (Phi) is 13.0. The number of halogens is 3. The first kappa shape index (κ1) is 37.4. The zero-order valence-electron chi connectivity index (χ0n) is 26.2. The zero-order valence-corrected chi connectivity index (χ0v) is 26.2. The van der Waals surface area contributed by atoms with Gasteiger partial charge in [0.05, 0.1) is 18.0 Å². The van der Waals surface area contributed by atoms with Gasteiger partial charge in [-0.2, -0.15) is 13.2 Å². The molecule has 2 aromatic rings. The van der Waals surface area contributed by atoms with E-state index in [1.165, 1.54) is 32.9 Å². The third kappa shape index (κ3) is 11.0. The van der Waals surface area contributed by atoms with Crippen LogP contribution >= 0.6 is 0 Å². The van der Waals surface area contributed by atoms with E-state index >= 15 is 0 Å². The molecule has 0 saturated heterocycles. The van der Waals surface area contributed by atoms with Crippen molar-refractivity contribution in [2.24, 2.45) is 5.92 Å². The van der Waals surface area contributed by atoms with Crippen LogP contribution in [-0.2, 0) is 47.8 Å². The van der Waals surface area contributed by atoms with Crippen LogP contribution in [0.2, 0.25) is 0 Å². The Hall–Kier alpha value is -4.75. The summed E-state index contributed by atoms with van der Waals surface area (Å²) in [5.41, 5.74) is -1.63. The molecule has 0 aliphatic carbocycles. The number of aliphatic carboxylic acids is 1. The summed E-state index contributed by atoms with van der Waals surface area (Å²) in [7, 11) is 0. The van der Waals surface area contributed by atoms with Crippen molar-refractivity contribution >= 4 is 35.4 Å². The van der Waals surface area contributed by atoms with Gasteiger partial charge < -0.3 is 26.4 Å². The van der Waals surface area contributed by atoms with Crippen LogP contribution in [0.4, 0.5) is 13.2 Å². The molecule has 0 spiro atoms. The van der Waals surface area contributed by atoms with Gasteiger partial charge >= 0.3 is 12.1 Å². The van der Waals surface area contributed by atoms with E-state index in [4.69, 9.17) is 0 Å². The number of rotatable bonds is 15. The molecule has 250 valence electrons. The van der Waals surface area contributed by atoms with E-state index in [0.29, 0.717) is 12.0 Å². The Morgan fingerprint density at radius 1 is 0.804 bits per heavy atom. The summed E-state index contributed by atoms with van der Waals surface area (Å²) in [6.07, 6.45) is -4.52. The summed E-state index contributed by atoms with van der Waals surface area (Å²) in [4.78, 5) is 76.3. The van der Waals surface area contributed by atoms with Crippen LogP contribution in [0.25, 0.3) is 0 Å². The Balaban J connectivity index is 2.20. The standard InChI is InChI=1S/C32H39F3N4O7/c1-6-18(2)25(28(43)39-31(4,5)30(45)46)38-29(44)26(41)19(3)36-27(42)23(37-24(40)17-20-10-8-7-9-11-20)16-21-12-14-22(15-13-21)32(33,34)35/h7-15,18-19,23,25H,6,16-17H2,1-5H3,(H,36,42)(H,37,40)(H,38,44)(H,39,43)(H,45,46)/t18-,19?,23-,25-/m0/s1. The number of hydrogen-bond donors (Lipinski definition) is 5. The first-order valence-corrected chi connectivity index (χ1v) is 14.6. The number of carbonyl (C=O) groups is 6. The molecule has 0 fully saturated rings. The van der Waals surface area contributed by atoms with Crippen LogP contribution in [-0.4, -0.2) is 64.2 Å². The molecule has 0 saturated carbocycles. The second-order valence-electron chi connectivity index (χ2n) is 11.5. The maximum absolute atomic E-state index is 13.3. The molecule has 0 bridgehead atoms. The Labute approximate surface area is 264 Å². The highest BCUT2D eigenvalue weighted by Gasteiger charge is 2.36. The second-order valence-corrected chi connectivity index (χ2v) is 11.5. The normalized spacial score (nSPS) is 14.2. The molecule has 2 aromatic carbocycles. The number of benzene rings is 2. The average Bonchev–Trinajstić information content (AvgIpc) is 2.98. The van der Waals surface area contributed by atoms with Gasteiger partial charge in [-0.15, -0.1) is 0 Å². The van der Waals surface area contributed by atoms with Gasteiger partial charge in [-0.3, -0.25) is 24.0 Å². The SMILES string of the molecule is CC[C@H](C)[C@H](NC(=O)C(=O)C(C)NC(=O)[C@H](Cc1ccc(C(F)(F)F)cc1)NC(=O)Cc1ccccc1)C(=O)NC(C)(C)C(=O)O.